The van der Waals surface area contributed by atoms with Crippen molar-refractivity contribution in [2.24, 2.45) is 0 Å². The van der Waals surface area contributed by atoms with Gasteiger partial charge in [-0.1, -0.05) is 6.07 Å². The lowest BCUT2D eigenvalue weighted by Crippen LogP contribution is -2.15. The predicted molar refractivity (Wildman–Crippen MR) is 67.1 cm³/mol. The van der Waals surface area contributed by atoms with Crippen molar-refractivity contribution in [3.8, 4) is 0 Å². The van der Waals surface area contributed by atoms with Gasteiger partial charge < -0.3 is 14.8 Å². The molecule has 0 spiro atoms. The number of aryl methyl sites for hydroxylation is 1. The zero-order chi connectivity index (χ0) is 13.4. The van der Waals surface area contributed by atoms with Gasteiger partial charge in [-0.05, 0) is 24.6 Å². The van der Waals surface area contributed by atoms with E-state index in [-0.39, 0.29) is 18.1 Å². The molecule has 0 atom stereocenters. The summed E-state index contributed by atoms with van der Waals surface area (Å²) in [5.41, 5.74) is 1.01. The highest BCUT2D eigenvalue weighted by Gasteiger charge is 2.04. The van der Waals surface area contributed by atoms with E-state index in [1.54, 1.807) is 26.2 Å². The minimum absolute atomic E-state index is 0.198. The molecule has 1 N–H and O–H groups in total. The van der Waals surface area contributed by atoms with E-state index >= 15 is 0 Å². The van der Waals surface area contributed by atoms with Crippen LogP contribution in [0.5, 0.6) is 0 Å². The van der Waals surface area contributed by atoms with Gasteiger partial charge in [-0.25, -0.2) is 4.39 Å². The number of methoxy groups -OCH3 is 1. The van der Waals surface area contributed by atoms with Crippen molar-refractivity contribution in [3.05, 3.63) is 29.6 Å². The number of hydrogen-bond acceptors (Lipinski definition) is 3. The molecule has 1 aromatic carbocycles. The fraction of sp³-hybridized carbons (Fsp3) is 0.462. The van der Waals surface area contributed by atoms with Gasteiger partial charge in [-0.2, -0.15) is 0 Å². The van der Waals surface area contributed by atoms with Crippen molar-refractivity contribution in [3.63, 3.8) is 0 Å². The number of carbonyl (C=O) groups excluding carboxylic acids is 1. The number of benzene rings is 1. The molecule has 0 radical (unpaired) electrons. The first-order chi connectivity index (χ1) is 8.63. The van der Waals surface area contributed by atoms with Gasteiger partial charge in [0.2, 0.25) is 5.91 Å². The van der Waals surface area contributed by atoms with Crippen molar-refractivity contribution in [2.75, 3.05) is 32.2 Å². The second kappa shape index (κ2) is 7.79. The highest BCUT2D eigenvalue weighted by molar-refractivity contribution is 5.90. The van der Waals surface area contributed by atoms with Crippen molar-refractivity contribution >= 4 is 11.6 Å². The molecular formula is C13H18FNO3. The third-order valence-corrected chi connectivity index (χ3v) is 2.36. The van der Waals surface area contributed by atoms with Crippen LogP contribution in [0, 0.1) is 12.7 Å². The average molecular weight is 255 g/mol. The van der Waals surface area contributed by atoms with Crippen LogP contribution in [-0.4, -0.2) is 32.8 Å². The smallest absolute Gasteiger partial charge is 0.226 e. The Labute approximate surface area is 106 Å². The lowest BCUT2D eigenvalue weighted by atomic mass is 10.2. The largest absolute Gasteiger partial charge is 0.382 e. The maximum absolute atomic E-state index is 13.2. The zero-order valence-electron chi connectivity index (χ0n) is 10.7. The molecule has 0 fully saturated rings. The fourth-order valence-electron chi connectivity index (χ4n) is 1.30. The first-order valence-electron chi connectivity index (χ1n) is 5.76. The van der Waals surface area contributed by atoms with Crippen LogP contribution in [0.2, 0.25) is 0 Å². The second-order valence-electron chi connectivity index (χ2n) is 3.87. The van der Waals surface area contributed by atoms with Crippen molar-refractivity contribution in [1.82, 2.24) is 0 Å². The van der Waals surface area contributed by atoms with Crippen molar-refractivity contribution in [1.29, 1.82) is 0 Å². The van der Waals surface area contributed by atoms with Gasteiger partial charge >= 0.3 is 0 Å². The predicted octanol–water partition coefficient (Wildman–Crippen LogP) is 2.13. The van der Waals surface area contributed by atoms with E-state index in [2.05, 4.69) is 5.32 Å². The standard InChI is InChI=1S/C13H18FNO3/c1-10-3-4-11(9-12(10)14)15-13(16)5-6-18-8-7-17-2/h3-4,9H,5-8H2,1-2H3,(H,15,16). The van der Waals surface area contributed by atoms with Crippen LogP contribution in [0.3, 0.4) is 0 Å². The summed E-state index contributed by atoms with van der Waals surface area (Å²) in [6.45, 7) is 2.96. The van der Waals surface area contributed by atoms with E-state index in [9.17, 15) is 9.18 Å². The molecule has 0 heterocycles. The van der Waals surface area contributed by atoms with Crippen molar-refractivity contribution < 1.29 is 18.7 Å². The Morgan fingerprint density at radius 1 is 1.33 bits per heavy atom. The zero-order valence-corrected chi connectivity index (χ0v) is 10.7. The number of rotatable bonds is 7. The number of hydrogen-bond donors (Lipinski definition) is 1. The quantitative estimate of drug-likeness (QED) is 0.759. The van der Waals surface area contributed by atoms with E-state index in [0.717, 1.165) is 0 Å². The third kappa shape index (κ3) is 5.25. The molecular weight excluding hydrogens is 237 g/mol. The van der Waals surface area contributed by atoms with E-state index in [1.165, 1.54) is 6.07 Å². The number of nitrogens with one attached hydrogen (secondary N) is 1. The summed E-state index contributed by atoms with van der Waals surface area (Å²) in [6.07, 6.45) is 0.235. The number of ether oxygens (including phenoxy) is 2. The Morgan fingerprint density at radius 2 is 2.11 bits per heavy atom. The normalized spacial score (nSPS) is 10.4. The van der Waals surface area contributed by atoms with Crippen LogP contribution >= 0.6 is 0 Å². The lowest BCUT2D eigenvalue weighted by molar-refractivity contribution is -0.117. The van der Waals surface area contributed by atoms with Crippen LogP contribution in [0.25, 0.3) is 0 Å². The van der Waals surface area contributed by atoms with Crippen LogP contribution in [-0.2, 0) is 14.3 Å². The Hall–Kier alpha value is -1.46. The highest BCUT2D eigenvalue weighted by Crippen LogP contribution is 2.13. The maximum atomic E-state index is 13.2. The van der Waals surface area contributed by atoms with Gasteiger partial charge in [0.1, 0.15) is 5.82 Å². The van der Waals surface area contributed by atoms with Gasteiger partial charge in [0, 0.05) is 12.8 Å². The fourth-order valence-corrected chi connectivity index (χ4v) is 1.30. The molecule has 1 aromatic rings. The van der Waals surface area contributed by atoms with Gasteiger partial charge in [0.25, 0.3) is 0 Å². The molecule has 0 saturated heterocycles. The van der Waals surface area contributed by atoms with Crippen LogP contribution in [0.1, 0.15) is 12.0 Å². The maximum Gasteiger partial charge on any atom is 0.226 e. The molecule has 100 valence electrons. The minimum Gasteiger partial charge on any atom is -0.382 e. The number of amides is 1. The summed E-state index contributed by atoms with van der Waals surface area (Å²) < 4.78 is 23.2. The Balaban J connectivity index is 2.29. The molecule has 1 amide bonds. The summed E-state index contributed by atoms with van der Waals surface area (Å²) in [6, 6.07) is 4.60. The topological polar surface area (TPSA) is 47.6 Å². The van der Waals surface area contributed by atoms with Gasteiger partial charge in [-0.15, -0.1) is 0 Å². The van der Waals surface area contributed by atoms with Gasteiger partial charge in [0.15, 0.2) is 0 Å². The molecule has 0 unspecified atom stereocenters. The van der Waals surface area contributed by atoms with Crippen LogP contribution < -0.4 is 5.32 Å². The minimum atomic E-state index is -0.329. The first-order valence-corrected chi connectivity index (χ1v) is 5.76. The number of halogens is 1. The molecule has 4 nitrogen and oxygen atoms in total. The van der Waals surface area contributed by atoms with Crippen LogP contribution in [0.4, 0.5) is 10.1 Å². The van der Waals surface area contributed by atoms with E-state index in [4.69, 9.17) is 9.47 Å². The highest BCUT2D eigenvalue weighted by atomic mass is 19.1. The molecule has 0 saturated carbocycles. The van der Waals surface area contributed by atoms with E-state index < -0.39 is 0 Å². The monoisotopic (exact) mass is 255 g/mol. The number of carbonyl (C=O) groups is 1. The van der Waals surface area contributed by atoms with Crippen molar-refractivity contribution in [2.45, 2.75) is 13.3 Å². The average Bonchev–Trinajstić information content (AvgIpc) is 2.34. The van der Waals surface area contributed by atoms with Gasteiger partial charge in [-0.3, -0.25) is 4.79 Å². The Morgan fingerprint density at radius 3 is 2.78 bits per heavy atom. The van der Waals surface area contributed by atoms with Crippen LogP contribution in [0.15, 0.2) is 18.2 Å². The summed E-state index contributed by atoms with van der Waals surface area (Å²) in [5, 5.41) is 2.61. The van der Waals surface area contributed by atoms with E-state index in [0.29, 0.717) is 31.1 Å². The molecule has 0 aliphatic carbocycles. The number of anilines is 1. The SMILES string of the molecule is COCCOCCC(=O)Nc1ccc(C)c(F)c1. The first kappa shape index (κ1) is 14.6. The Kier molecular flexibility index (Phi) is 6.32. The molecule has 0 aromatic heterocycles. The van der Waals surface area contributed by atoms with E-state index in [1.807, 2.05) is 0 Å². The third-order valence-electron chi connectivity index (χ3n) is 2.36. The summed E-state index contributed by atoms with van der Waals surface area (Å²) >= 11 is 0. The molecule has 1 rings (SSSR count). The second-order valence-corrected chi connectivity index (χ2v) is 3.87. The summed E-state index contributed by atoms with van der Waals surface area (Å²) in [5.74, 6) is -0.528. The lowest BCUT2D eigenvalue weighted by Gasteiger charge is -2.07. The molecule has 0 aliphatic heterocycles. The molecule has 18 heavy (non-hydrogen) atoms. The summed E-state index contributed by atoms with van der Waals surface area (Å²) in [7, 11) is 1.59. The summed E-state index contributed by atoms with van der Waals surface area (Å²) in [4.78, 5) is 11.5. The molecule has 0 aliphatic rings. The molecule has 5 heteroatoms. The molecule has 0 bridgehead atoms. The Bertz CT molecular complexity index is 396. The van der Waals surface area contributed by atoms with Gasteiger partial charge in [0.05, 0.1) is 26.2 Å².